The minimum absolute atomic E-state index is 0.115. The van der Waals surface area contributed by atoms with E-state index in [2.05, 4.69) is 44.8 Å². The van der Waals surface area contributed by atoms with Crippen molar-refractivity contribution in [2.75, 3.05) is 45.2 Å². The van der Waals surface area contributed by atoms with Crippen molar-refractivity contribution in [3.05, 3.63) is 48.3 Å². The second kappa shape index (κ2) is 12.2. The highest BCUT2D eigenvalue weighted by Crippen LogP contribution is 2.11. The molecule has 1 aliphatic rings. The molecule has 32 heavy (non-hydrogen) atoms. The quantitative estimate of drug-likeness (QED) is 0.404. The van der Waals surface area contributed by atoms with Gasteiger partial charge in [0.05, 0.1) is 12.7 Å². The average Bonchev–Trinajstić information content (AvgIpc) is 3.27. The number of benzene rings is 1. The molecule has 2 heterocycles. The van der Waals surface area contributed by atoms with E-state index in [4.69, 9.17) is 4.74 Å². The van der Waals surface area contributed by atoms with Crippen molar-refractivity contribution in [1.82, 2.24) is 25.3 Å². The highest BCUT2D eigenvalue weighted by molar-refractivity contribution is 5.90. The summed E-state index contributed by atoms with van der Waals surface area (Å²) < 4.78 is 7.50. The highest BCUT2D eigenvalue weighted by Gasteiger charge is 2.21. The monoisotopic (exact) mass is 441 g/mol. The summed E-state index contributed by atoms with van der Waals surface area (Å²) in [6.07, 6.45) is 3.57. The molecule has 0 radical (unpaired) electrons. The lowest BCUT2D eigenvalue weighted by Crippen LogP contribution is -2.50. The predicted octanol–water partition coefficient (Wildman–Crippen LogP) is 1.54. The maximum Gasteiger partial charge on any atom is 0.246 e. The Balaban J connectivity index is 1.43. The third-order valence-electron chi connectivity index (χ3n) is 5.10. The van der Waals surface area contributed by atoms with Crippen LogP contribution in [0.2, 0.25) is 0 Å². The van der Waals surface area contributed by atoms with Crippen LogP contribution in [-0.2, 0) is 22.6 Å². The van der Waals surface area contributed by atoms with Crippen LogP contribution in [-0.4, -0.2) is 72.5 Å². The SMILES string of the molecule is CN=C(NCc1cccc(NC(=O)Cn2cccn2)c1)NCC1CN(CC(C)C)CCO1. The van der Waals surface area contributed by atoms with Crippen LogP contribution in [0.5, 0.6) is 0 Å². The van der Waals surface area contributed by atoms with Crippen molar-refractivity contribution in [3.63, 3.8) is 0 Å². The lowest BCUT2D eigenvalue weighted by molar-refractivity contribution is -0.116. The molecule has 0 bridgehead atoms. The molecule has 1 unspecified atom stereocenters. The first-order valence-electron chi connectivity index (χ1n) is 11.2. The molecule has 1 fully saturated rings. The molecule has 9 nitrogen and oxygen atoms in total. The fraction of sp³-hybridized carbons (Fsp3) is 0.522. The Morgan fingerprint density at radius 2 is 2.19 bits per heavy atom. The Morgan fingerprint density at radius 1 is 1.31 bits per heavy atom. The number of carbonyl (C=O) groups is 1. The Labute approximate surface area is 190 Å². The zero-order valence-electron chi connectivity index (χ0n) is 19.3. The Kier molecular flexibility index (Phi) is 9.06. The fourth-order valence-corrected chi connectivity index (χ4v) is 3.70. The van der Waals surface area contributed by atoms with Crippen molar-refractivity contribution >= 4 is 17.6 Å². The number of ether oxygens (including phenoxy) is 1. The van der Waals surface area contributed by atoms with E-state index >= 15 is 0 Å². The number of anilines is 1. The van der Waals surface area contributed by atoms with Crippen LogP contribution in [0.15, 0.2) is 47.7 Å². The van der Waals surface area contributed by atoms with Gasteiger partial charge in [-0.3, -0.25) is 19.4 Å². The van der Waals surface area contributed by atoms with Crippen LogP contribution in [0.3, 0.4) is 0 Å². The number of hydrogen-bond acceptors (Lipinski definition) is 5. The van der Waals surface area contributed by atoms with Crippen LogP contribution >= 0.6 is 0 Å². The number of rotatable bonds is 9. The Hall–Kier alpha value is -2.91. The van der Waals surface area contributed by atoms with Crippen molar-refractivity contribution in [3.8, 4) is 0 Å². The summed E-state index contributed by atoms with van der Waals surface area (Å²) in [6.45, 7) is 9.77. The Bertz CT molecular complexity index is 867. The van der Waals surface area contributed by atoms with Crippen LogP contribution in [0, 0.1) is 5.92 Å². The lowest BCUT2D eigenvalue weighted by Gasteiger charge is -2.34. The van der Waals surface area contributed by atoms with E-state index in [9.17, 15) is 4.79 Å². The number of nitrogens with zero attached hydrogens (tertiary/aromatic N) is 4. The van der Waals surface area contributed by atoms with Crippen molar-refractivity contribution in [2.45, 2.75) is 33.0 Å². The molecule has 1 amide bonds. The van der Waals surface area contributed by atoms with Gasteiger partial charge in [0.25, 0.3) is 0 Å². The first-order valence-corrected chi connectivity index (χ1v) is 11.2. The molecule has 9 heteroatoms. The Morgan fingerprint density at radius 3 is 2.94 bits per heavy atom. The van der Waals surface area contributed by atoms with E-state index in [1.54, 1.807) is 30.2 Å². The number of nitrogens with one attached hydrogen (secondary N) is 3. The molecule has 1 atom stereocenters. The molecule has 0 aliphatic carbocycles. The first-order chi connectivity index (χ1) is 15.5. The van der Waals surface area contributed by atoms with Gasteiger partial charge in [0.15, 0.2) is 5.96 Å². The third-order valence-corrected chi connectivity index (χ3v) is 5.10. The molecule has 3 rings (SSSR count). The molecule has 2 aromatic rings. The number of hydrogen-bond donors (Lipinski definition) is 3. The van der Waals surface area contributed by atoms with Gasteiger partial charge in [0, 0.05) is 57.9 Å². The predicted molar refractivity (Wildman–Crippen MR) is 127 cm³/mol. The normalized spacial score (nSPS) is 17.4. The molecular formula is C23H35N7O2. The number of aromatic nitrogens is 2. The van der Waals surface area contributed by atoms with Crippen LogP contribution < -0.4 is 16.0 Å². The molecule has 174 valence electrons. The number of carbonyl (C=O) groups excluding carboxylic acids is 1. The van der Waals surface area contributed by atoms with Gasteiger partial charge >= 0.3 is 0 Å². The minimum Gasteiger partial charge on any atom is -0.374 e. The largest absolute Gasteiger partial charge is 0.374 e. The van der Waals surface area contributed by atoms with Crippen LogP contribution in [0.4, 0.5) is 5.69 Å². The molecular weight excluding hydrogens is 406 g/mol. The molecule has 1 aromatic heterocycles. The third kappa shape index (κ3) is 7.97. The van der Waals surface area contributed by atoms with E-state index < -0.39 is 0 Å². The topological polar surface area (TPSA) is 95.8 Å². The minimum atomic E-state index is -0.115. The number of aliphatic imine (C=N–C) groups is 1. The van der Waals surface area contributed by atoms with Crippen LogP contribution in [0.25, 0.3) is 0 Å². The summed E-state index contributed by atoms with van der Waals surface area (Å²) in [5, 5.41) is 13.7. The molecule has 0 spiro atoms. The second-order valence-electron chi connectivity index (χ2n) is 8.41. The molecule has 1 aromatic carbocycles. The zero-order chi connectivity index (χ0) is 22.8. The van der Waals surface area contributed by atoms with Crippen molar-refractivity contribution in [2.24, 2.45) is 10.9 Å². The van der Waals surface area contributed by atoms with Crippen LogP contribution in [0.1, 0.15) is 19.4 Å². The first kappa shape index (κ1) is 23.7. The number of morpholine rings is 1. The lowest BCUT2D eigenvalue weighted by atomic mass is 10.2. The van der Waals surface area contributed by atoms with E-state index in [1.165, 1.54) is 0 Å². The summed E-state index contributed by atoms with van der Waals surface area (Å²) in [5.41, 5.74) is 1.80. The van der Waals surface area contributed by atoms with Gasteiger partial charge in [0.1, 0.15) is 6.54 Å². The van der Waals surface area contributed by atoms with Gasteiger partial charge < -0.3 is 20.7 Å². The van der Waals surface area contributed by atoms with Crippen molar-refractivity contribution in [1.29, 1.82) is 0 Å². The zero-order valence-corrected chi connectivity index (χ0v) is 19.3. The molecule has 1 aliphatic heterocycles. The van der Waals surface area contributed by atoms with E-state index in [1.807, 2.05) is 24.3 Å². The van der Waals surface area contributed by atoms with Gasteiger partial charge in [0.2, 0.25) is 5.91 Å². The van der Waals surface area contributed by atoms with Gasteiger partial charge in [-0.15, -0.1) is 0 Å². The fourth-order valence-electron chi connectivity index (χ4n) is 3.70. The van der Waals surface area contributed by atoms with E-state index in [0.717, 1.165) is 43.5 Å². The van der Waals surface area contributed by atoms with Gasteiger partial charge in [-0.05, 0) is 29.7 Å². The molecule has 1 saturated heterocycles. The smallest absolute Gasteiger partial charge is 0.246 e. The van der Waals surface area contributed by atoms with Gasteiger partial charge in [-0.2, -0.15) is 5.10 Å². The van der Waals surface area contributed by atoms with Gasteiger partial charge in [-0.1, -0.05) is 26.0 Å². The molecule has 0 saturated carbocycles. The molecule has 3 N–H and O–H groups in total. The summed E-state index contributed by atoms with van der Waals surface area (Å²) in [4.78, 5) is 19.0. The maximum absolute atomic E-state index is 12.2. The maximum atomic E-state index is 12.2. The highest BCUT2D eigenvalue weighted by atomic mass is 16.5. The number of guanidine groups is 1. The van der Waals surface area contributed by atoms with E-state index in [-0.39, 0.29) is 18.6 Å². The second-order valence-corrected chi connectivity index (χ2v) is 8.41. The average molecular weight is 442 g/mol. The number of amides is 1. The summed E-state index contributed by atoms with van der Waals surface area (Å²) in [5.74, 6) is 1.26. The summed E-state index contributed by atoms with van der Waals surface area (Å²) in [6, 6.07) is 9.56. The van der Waals surface area contributed by atoms with E-state index in [0.29, 0.717) is 19.0 Å². The van der Waals surface area contributed by atoms with Crippen molar-refractivity contribution < 1.29 is 9.53 Å². The van der Waals surface area contributed by atoms with Gasteiger partial charge in [-0.25, -0.2) is 0 Å². The standard InChI is InChI=1S/C23H35N7O2/c1-18(2)15-29-10-11-32-21(16-29)14-26-23(24-3)25-13-19-6-4-7-20(12-19)28-22(31)17-30-9-5-8-27-30/h4-9,12,18,21H,10-11,13-17H2,1-3H3,(H,28,31)(H2,24,25,26). The summed E-state index contributed by atoms with van der Waals surface area (Å²) in [7, 11) is 1.76. The summed E-state index contributed by atoms with van der Waals surface area (Å²) >= 11 is 0.